The minimum absolute atomic E-state index is 0. The molecule has 1 aromatic carbocycles. The summed E-state index contributed by atoms with van der Waals surface area (Å²) in [5.41, 5.74) is 1.42. The maximum absolute atomic E-state index is 4.98. The molecule has 0 aliphatic carbocycles. The lowest BCUT2D eigenvalue weighted by Gasteiger charge is -1.99. The fraction of sp³-hybridized carbons (Fsp3) is 0.538. The molecule has 0 bridgehead atoms. The number of hydrogen-bond acceptors (Lipinski definition) is 1. The van der Waals surface area contributed by atoms with Gasteiger partial charge in [-0.05, 0) is 24.8 Å². The molecular formula is C13H23FO. The molecule has 0 unspecified atom stereocenters. The highest BCUT2D eigenvalue weighted by atomic mass is 19.0. The Morgan fingerprint density at radius 3 is 2.13 bits per heavy atom. The van der Waals surface area contributed by atoms with Gasteiger partial charge in [-0.15, -0.1) is 0 Å². The summed E-state index contributed by atoms with van der Waals surface area (Å²) >= 11 is 0. The normalized spacial score (nSPS) is 8.47. The number of aryl methyl sites for hydroxylation is 1. The molecule has 0 fully saturated rings. The molecule has 0 radical (unpaired) electrons. The van der Waals surface area contributed by atoms with Crippen LogP contribution < -0.4 is 0 Å². The lowest BCUT2D eigenvalue weighted by Crippen LogP contribution is -1.90. The fourth-order valence-corrected chi connectivity index (χ4v) is 1.22. The minimum atomic E-state index is 0. The molecule has 1 aromatic rings. The molecule has 0 aromatic heterocycles. The SMILES string of the molecule is CC.COCCCCc1ccccc1.F. The number of halogens is 1. The Balaban J connectivity index is 0. The Labute approximate surface area is 92.8 Å². The fourth-order valence-electron chi connectivity index (χ4n) is 1.22. The summed E-state index contributed by atoms with van der Waals surface area (Å²) in [5, 5.41) is 0. The van der Waals surface area contributed by atoms with Crippen LogP contribution in [0.4, 0.5) is 4.70 Å². The summed E-state index contributed by atoms with van der Waals surface area (Å²) in [6, 6.07) is 10.6. The van der Waals surface area contributed by atoms with Crippen molar-refractivity contribution in [3.05, 3.63) is 35.9 Å². The van der Waals surface area contributed by atoms with E-state index in [0.29, 0.717) is 0 Å². The van der Waals surface area contributed by atoms with Crippen LogP contribution >= 0.6 is 0 Å². The van der Waals surface area contributed by atoms with E-state index in [4.69, 9.17) is 4.74 Å². The van der Waals surface area contributed by atoms with E-state index in [2.05, 4.69) is 30.3 Å². The Bertz CT molecular complexity index is 199. The lowest BCUT2D eigenvalue weighted by molar-refractivity contribution is 0.193. The van der Waals surface area contributed by atoms with E-state index in [-0.39, 0.29) is 4.70 Å². The van der Waals surface area contributed by atoms with Crippen LogP contribution in [0.3, 0.4) is 0 Å². The Kier molecular flexibility index (Phi) is 14.5. The van der Waals surface area contributed by atoms with Crippen molar-refractivity contribution in [1.82, 2.24) is 0 Å². The average Bonchev–Trinajstić information content (AvgIpc) is 2.29. The van der Waals surface area contributed by atoms with Crippen LogP contribution in [-0.2, 0) is 11.2 Å². The summed E-state index contributed by atoms with van der Waals surface area (Å²) in [6.07, 6.45) is 3.55. The van der Waals surface area contributed by atoms with Crippen LogP contribution in [0.1, 0.15) is 32.3 Å². The van der Waals surface area contributed by atoms with E-state index >= 15 is 0 Å². The van der Waals surface area contributed by atoms with Gasteiger partial charge >= 0.3 is 0 Å². The second kappa shape index (κ2) is 13.1. The molecule has 15 heavy (non-hydrogen) atoms. The van der Waals surface area contributed by atoms with E-state index in [1.54, 1.807) is 7.11 Å². The second-order valence-corrected chi connectivity index (χ2v) is 2.94. The molecule has 0 aliphatic heterocycles. The van der Waals surface area contributed by atoms with Crippen molar-refractivity contribution in [2.45, 2.75) is 33.1 Å². The first-order chi connectivity index (χ1) is 6.93. The summed E-state index contributed by atoms with van der Waals surface area (Å²) in [5.74, 6) is 0. The zero-order valence-electron chi connectivity index (χ0n) is 10.0. The van der Waals surface area contributed by atoms with Crippen molar-refractivity contribution in [2.75, 3.05) is 13.7 Å². The van der Waals surface area contributed by atoms with Gasteiger partial charge in [0.25, 0.3) is 0 Å². The van der Waals surface area contributed by atoms with Gasteiger partial charge in [0.15, 0.2) is 0 Å². The van der Waals surface area contributed by atoms with Crippen LogP contribution in [0, 0.1) is 0 Å². The number of hydrogen-bond donors (Lipinski definition) is 0. The molecule has 1 nitrogen and oxygen atoms in total. The highest BCUT2D eigenvalue weighted by Gasteiger charge is 1.90. The number of unbranched alkanes of at least 4 members (excludes halogenated alkanes) is 1. The summed E-state index contributed by atoms with van der Waals surface area (Å²) in [6.45, 7) is 4.88. The highest BCUT2D eigenvalue weighted by molar-refractivity contribution is 5.14. The third kappa shape index (κ3) is 9.42. The van der Waals surface area contributed by atoms with E-state index in [1.165, 1.54) is 18.4 Å². The van der Waals surface area contributed by atoms with Gasteiger partial charge in [0.2, 0.25) is 0 Å². The zero-order chi connectivity index (χ0) is 10.6. The summed E-state index contributed by atoms with van der Waals surface area (Å²) < 4.78 is 4.98. The molecule has 2 heteroatoms. The maximum atomic E-state index is 4.98. The minimum Gasteiger partial charge on any atom is -0.385 e. The monoisotopic (exact) mass is 214 g/mol. The Morgan fingerprint density at radius 1 is 1.00 bits per heavy atom. The molecule has 88 valence electrons. The highest BCUT2D eigenvalue weighted by Crippen LogP contribution is 2.03. The first kappa shape index (κ1) is 16.5. The molecule has 0 saturated carbocycles. The van der Waals surface area contributed by atoms with Crippen molar-refractivity contribution < 1.29 is 9.44 Å². The largest absolute Gasteiger partial charge is 0.385 e. The molecular weight excluding hydrogens is 191 g/mol. The third-order valence-corrected chi connectivity index (χ3v) is 1.91. The molecule has 0 N–H and O–H groups in total. The van der Waals surface area contributed by atoms with Gasteiger partial charge in [0.1, 0.15) is 0 Å². The van der Waals surface area contributed by atoms with Gasteiger partial charge in [0, 0.05) is 13.7 Å². The van der Waals surface area contributed by atoms with Crippen molar-refractivity contribution in [2.24, 2.45) is 0 Å². The van der Waals surface area contributed by atoms with Crippen molar-refractivity contribution in [3.8, 4) is 0 Å². The molecule has 0 saturated heterocycles. The van der Waals surface area contributed by atoms with Crippen molar-refractivity contribution in [3.63, 3.8) is 0 Å². The molecule has 0 aliphatic rings. The van der Waals surface area contributed by atoms with Crippen LogP contribution in [0.5, 0.6) is 0 Å². The Hall–Kier alpha value is -0.890. The maximum Gasteiger partial charge on any atom is 0.0462 e. The number of rotatable bonds is 5. The van der Waals surface area contributed by atoms with Crippen LogP contribution in [0.15, 0.2) is 30.3 Å². The quantitative estimate of drug-likeness (QED) is 0.677. The predicted octanol–water partition coefficient (Wildman–Crippen LogP) is 3.83. The number of methoxy groups -OCH3 is 1. The van der Waals surface area contributed by atoms with Crippen LogP contribution in [-0.4, -0.2) is 13.7 Å². The molecule has 0 atom stereocenters. The van der Waals surface area contributed by atoms with Gasteiger partial charge in [-0.1, -0.05) is 44.2 Å². The first-order valence-electron chi connectivity index (χ1n) is 5.46. The molecule has 0 heterocycles. The summed E-state index contributed by atoms with van der Waals surface area (Å²) in [7, 11) is 1.75. The smallest absolute Gasteiger partial charge is 0.0462 e. The van der Waals surface area contributed by atoms with Crippen LogP contribution in [0.25, 0.3) is 0 Å². The van der Waals surface area contributed by atoms with E-state index < -0.39 is 0 Å². The molecule has 0 amide bonds. The third-order valence-electron chi connectivity index (χ3n) is 1.91. The topological polar surface area (TPSA) is 9.23 Å². The molecule has 1 rings (SSSR count). The summed E-state index contributed by atoms with van der Waals surface area (Å²) in [4.78, 5) is 0. The lowest BCUT2D eigenvalue weighted by atomic mass is 10.1. The van der Waals surface area contributed by atoms with E-state index in [0.717, 1.165) is 13.0 Å². The second-order valence-electron chi connectivity index (χ2n) is 2.94. The van der Waals surface area contributed by atoms with Crippen molar-refractivity contribution >= 4 is 0 Å². The van der Waals surface area contributed by atoms with Gasteiger partial charge in [0.05, 0.1) is 0 Å². The predicted molar refractivity (Wildman–Crippen MR) is 65.1 cm³/mol. The number of benzene rings is 1. The zero-order valence-corrected chi connectivity index (χ0v) is 10.0. The first-order valence-corrected chi connectivity index (χ1v) is 5.46. The average molecular weight is 214 g/mol. The van der Waals surface area contributed by atoms with Crippen LogP contribution in [0.2, 0.25) is 0 Å². The van der Waals surface area contributed by atoms with Crippen molar-refractivity contribution in [1.29, 1.82) is 0 Å². The van der Waals surface area contributed by atoms with Gasteiger partial charge < -0.3 is 4.74 Å². The number of ether oxygens (including phenoxy) is 1. The Morgan fingerprint density at radius 2 is 1.60 bits per heavy atom. The van der Waals surface area contributed by atoms with E-state index in [1.807, 2.05) is 13.8 Å². The van der Waals surface area contributed by atoms with Gasteiger partial charge in [-0.3, -0.25) is 4.70 Å². The standard InChI is InChI=1S/C11H16O.C2H6.FH/c1-12-10-6-5-9-11-7-3-2-4-8-11;1-2;/h2-4,7-8H,5-6,9-10H2,1H3;1-2H3;1H. The van der Waals surface area contributed by atoms with Gasteiger partial charge in [-0.25, -0.2) is 0 Å². The molecule has 0 spiro atoms. The van der Waals surface area contributed by atoms with E-state index in [9.17, 15) is 0 Å². The van der Waals surface area contributed by atoms with Gasteiger partial charge in [-0.2, -0.15) is 0 Å².